The van der Waals surface area contributed by atoms with Crippen molar-refractivity contribution in [3.8, 4) is 0 Å². The first-order chi connectivity index (χ1) is 18.0. The number of nitrogens with zero attached hydrogens (tertiary/aromatic N) is 1. The van der Waals surface area contributed by atoms with Crippen molar-refractivity contribution in [1.29, 1.82) is 0 Å². The molecule has 2 aliphatic heterocycles. The number of primary amides is 1. The van der Waals surface area contributed by atoms with Gasteiger partial charge in [0.1, 0.15) is 24.9 Å². The quantitative estimate of drug-likeness (QED) is 0.125. The lowest BCUT2D eigenvalue weighted by Gasteiger charge is -2.25. The van der Waals surface area contributed by atoms with Gasteiger partial charge >= 0.3 is 6.03 Å². The van der Waals surface area contributed by atoms with Crippen LogP contribution in [-0.2, 0) is 38.3 Å². The van der Waals surface area contributed by atoms with E-state index in [4.69, 9.17) is 10.5 Å². The van der Waals surface area contributed by atoms with Crippen LogP contribution in [0.4, 0.5) is 4.79 Å². The van der Waals surface area contributed by atoms with Crippen molar-refractivity contribution in [1.82, 2.24) is 36.8 Å². The molecule has 208 valence electrons. The summed E-state index contributed by atoms with van der Waals surface area (Å²) in [6.07, 6.45) is 1.21. The van der Waals surface area contributed by atoms with E-state index in [0.29, 0.717) is 4.90 Å². The minimum absolute atomic E-state index is 0.0394. The lowest BCUT2D eigenvalue weighted by molar-refractivity contribution is -0.145. The van der Waals surface area contributed by atoms with Gasteiger partial charge < -0.3 is 37.1 Å². The zero-order valence-electron chi connectivity index (χ0n) is 20.5. The summed E-state index contributed by atoms with van der Waals surface area (Å²) < 4.78 is 5.07. The highest BCUT2D eigenvalue weighted by atomic mass is 16.5. The second-order valence-electron chi connectivity index (χ2n) is 8.21. The second-order valence-corrected chi connectivity index (χ2v) is 8.21. The Morgan fingerprint density at radius 2 is 1.76 bits per heavy atom. The van der Waals surface area contributed by atoms with Gasteiger partial charge in [-0.05, 0) is 19.8 Å². The summed E-state index contributed by atoms with van der Waals surface area (Å²) >= 11 is 0. The molecule has 3 atom stereocenters. The first kappa shape index (κ1) is 29.8. The molecule has 3 unspecified atom stereocenters. The number of nitrogens with one attached hydrogen (secondary N) is 6. The van der Waals surface area contributed by atoms with Gasteiger partial charge in [-0.3, -0.25) is 43.8 Å². The van der Waals surface area contributed by atoms with Crippen LogP contribution in [-0.4, -0.2) is 103 Å². The predicted molar refractivity (Wildman–Crippen MR) is 126 cm³/mol. The van der Waals surface area contributed by atoms with E-state index in [0.717, 1.165) is 12.2 Å². The first-order valence-electron chi connectivity index (χ1n) is 11.6. The maximum Gasteiger partial charge on any atom is 0.321 e. The maximum atomic E-state index is 12.8. The average molecular weight is 539 g/mol. The zero-order valence-corrected chi connectivity index (χ0v) is 20.5. The van der Waals surface area contributed by atoms with Gasteiger partial charge in [-0.2, -0.15) is 0 Å². The molecule has 0 aromatic rings. The van der Waals surface area contributed by atoms with E-state index < -0.39 is 78.7 Å². The van der Waals surface area contributed by atoms with Gasteiger partial charge in [-0.25, -0.2) is 4.79 Å². The Bertz CT molecular complexity index is 997. The minimum atomic E-state index is -1.42. The van der Waals surface area contributed by atoms with E-state index in [2.05, 4.69) is 31.9 Å². The third-order valence-corrected chi connectivity index (χ3v) is 5.34. The van der Waals surface area contributed by atoms with Crippen LogP contribution >= 0.6 is 0 Å². The van der Waals surface area contributed by atoms with Crippen LogP contribution in [0.3, 0.4) is 0 Å². The number of ether oxygens (including phenoxy) is 1. The molecular formula is C21H30N8O9. The van der Waals surface area contributed by atoms with Crippen molar-refractivity contribution in [3.05, 3.63) is 12.2 Å². The molecule has 0 radical (unpaired) electrons. The Labute approximate surface area is 216 Å². The van der Waals surface area contributed by atoms with E-state index in [1.54, 1.807) is 0 Å². The van der Waals surface area contributed by atoms with Gasteiger partial charge in [0.25, 0.3) is 11.8 Å². The SMILES string of the molecule is CC(OCNC(=O)C1CCCNC(=O)NC(=O)CNCC(N2C(=O)C=CC2=O)C(=O)NCC(=O)N1)C(N)=O. The summed E-state index contributed by atoms with van der Waals surface area (Å²) in [5.41, 5.74) is 5.09. The topological polar surface area (TPSA) is 247 Å². The molecule has 0 aromatic heterocycles. The fourth-order valence-corrected chi connectivity index (χ4v) is 3.31. The van der Waals surface area contributed by atoms with Gasteiger partial charge in [0.2, 0.25) is 29.5 Å². The van der Waals surface area contributed by atoms with Crippen molar-refractivity contribution < 1.29 is 43.1 Å². The van der Waals surface area contributed by atoms with Crippen LogP contribution in [0, 0.1) is 0 Å². The molecule has 2 aliphatic rings. The smallest absolute Gasteiger partial charge is 0.321 e. The van der Waals surface area contributed by atoms with Crippen molar-refractivity contribution in [2.75, 3.05) is 32.9 Å². The van der Waals surface area contributed by atoms with Gasteiger partial charge in [-0.15, -0.1) is 0 Å². The number of hydrogen-bond donors (Lipinski definition) is 7. The molecule has 1 fully saturated rings. The van der Waals surface area contributed by atoms with Crippen LogP contribution in [0.25, 0.3) is 0 Å². The molecule has 0 spiro atoms. The number of carbonyl (C=O) groups is 8. The normalized spacial score (nSPS) is 23.0. The molecule has 0 saturated carbocycles. The number of urea groups is 1. The minimum Gasteiger partial charge on any atom is -0.367 e. The number of nitrogens with two attached hydrogens (primary N) is 1. The molecule has 17 heteroatoms. The summed E-state index contributed by atoms with van der Waals surface area (Å²) in [7, 11) is 0. The summed E-state index contributed by atoms with van der Waals surface area (Å²) in [6.45, 7) is -0.315. The third kappa shape index (κ3) is 9.25. The summed E-state index contributed by atoms with van der Waals surface area (Å²) in [5, 5.41) is 14.2. The highest BCUT2D eigenvalue weighted by molar-refractivity contribution is 6.15. The molecule has 0 aliphatic carbocycles. The summed E-state index contributed by atoms with van der Waals surface area (Å²) in [6, 6.07) is -3.36. The molecule has 2 heterocycles. The highest BCUT2D eigenvalue weighted by Gasteiger charge is 2.36. The van der Waals surface area contributed by atoms with Gasteiger partial charge in [-0.1, -0.05) is 0 Å². The Morgan fingerprint density at radius 1 is 1.08 bits per heavy atom. The molecule has 1 saturated heterocycles. The van der Waals surface area contributed by atoms with Gasteiger partial charge in [0.05, 0.1) is 13.1 Å². The van der Waals surface area contributed by atoms with Gasteiger partial charge in [0.15, 0.2) is 0 Å². The average Bonchev–Trinajstić information content (AvgIpc) is 3.18. The van der Waals surface area contributed by atoms with E-state index in [9.17, 15) is 38.4 Å². The Kier molecular flexibility index (Phi) is 11.3. The van der Waals surface area contributed by atoms with E-state index in [-0.39, 0.29) is 32.7 Å². The Morgan fingerprint density at radius 3 is 2.42 bits per heavy atom. The molecule has 9 amide bonds. The van der Waals surface area contributed by atoms with E-state index in [1.165, 1.54) is 6.92 Å². The van der Waals surface area contributed by atoms with Crippen molar-refractivity contribution >= 4 is 47.4 Å². The van der Waals surface area contributed by atoms with Crippen molar-refractivity contribution in [2.45, 2.75) is 38.0 Å². The molecule has 0 aromatic carbocycles. The number of carbonyl (C=O) groups excluding carboxylic acids is 8. The van der Waals surface area contributed by atoms with Crippen LogP contribution in [0.2, 0.25) is 0 Å². The van der Waals surface area contributed by atoms with Crippen molar-refractivity contribution in [3.63, 3.8) is 0 Å². The molecular weight excluding hydrogens is 508 g/mol. The standard InChI is InChI=1S/C21H30N8O9/c1-11(18(22)34)38-10-26-19(35)12-3-2-6-24-21(37)28-14(30)8-23-7-13(20(36)25-9-15(31)27-12)29-16(32)4-5-17(29)33/h4-5,11-13,23H,2-3,6-10H2,1H3,(H2,22,34)(H,25,36)(H,26,35)(H,27,31)(H2,24,28,30,37). The first-order valence-corrected chi connectivity index (χ1v) is 11.6. The number of imide groups is 2. The third-order valence-electron chi connectivity index (χ3n) is 5.34. The lowest BCUT2D eigenvalue weighted by Crippen LogP contribution is -2.56. The largest absolute Gasteiger partial charge is 0.367 e. The predicted octanol–water partition coefficient (Wildman–Crippen LogP) is -4.95. The molecule has 0 bridgehead atoms. The molecule has 38 heavy (non-hydrogen) atoms. The molecule has 8 N–H and O–H groups in total. The number of hydrogen-bond acceptors (Lipinski definition) is 10. The lowest BCUT2D eigenvalue weighted by atomic mass is 10.1. The van der Waals surface area contributed by atoms with Crippen LogP contribution in [0.1, 0.15) is 19.8 Å². The fourth-order valence-electron chi connectivity index (χ4n) is 3.31. The summed E-state index contributed by atoms with van der Waals surface area (Å²) in [4.78, 5) is 97.8. The maximum absolute atomic E-state index is 12.8. The second kappa shape index (κ2) is 14.4. The number of rotatable bonds is 6. The van der Waals surface area contributed by atoms with Crippen molar-refractivity contribution in [2.24, 2.45) is 5.73 Å². The molecule has 17 nitrogen and oxygen atoms in total. The number of amides is 9. The Balaban J connectivity index is 2.11. The van der Waals surface area contributed by atoms with Crippen LogP contribution < -0.4 is 37.6 Å². The highest BCUT2D eigenvalue weighted by Crippen LogP contribution is 2.09. The Hall–Kier alpha value is -4.38. The summed E-state index contributed by atoms with van der Waals surface area (Å²) in [5.74, 6) is -5.34. The zero-order chi connectivity index (χ0) is 28.2. The van der Waals surface area contributed by atoms with E-state index >= 15 is 0 Å². The van der Waals surface area contributed by atoms with Crippen LogP contribution in [0.5, 0.6) is 0 Å². The molecule has 2 rings (SSSR count). The van der Waals surface area contributed by atoms with Crippen LogP contribution in [0.15, 0.2) is 12.2 Å². The van der Waals surface area contributed by atoms with Gasteiger partial charge in [0, 0.05) is 25.2 Å². The fraction of sp³-hybridized carbons (Fsp3) is 0.524. The monoisotopic (exact) mass is 538 g/mol. The van der Waals surface area contributed by atoms with E-state index in [1.807, 2.05) is 0 Å².